The van der Waals surface area contributed by atoms with Crippen LogP contribution in [0.15, 0.2) is 23.6 Å². The molecule has 1 heterocycles. The van der Waals surface area contributed by atoms with Crippen molar-refractivity contribution >= 4 is 23.3 Å². The van der Waals surface area contributed by atoms with Gasteiger partial charge in [0.1, 0.15) is 0 Å². The van der Waals surface area contributed by atoms with Crippen molar-refractivity contribution in [1.82, 2.24) is 5.32 Å². The van der Waals surface area contributed by atoms with Crippen LogP contribution in [0.3, 0.4) is 0 Å². The van der Waals surface area contributed by atoms with E-state index in [0.29, 0.717) is 0 Å². The Bertz CT molecular complexity index is 303. The monoisotopic (exact) mass is 209 g/mol. The lowest BCUT2D eigenvalue weighted by Gasteiger charge is -2.08. The van der Waals surface area contributed by atoms with Crippen LogP contribution >= 0.6 is 11.3 Å². The largest absolute Gasteiger partial charge is 0.350 e. The van der Waals surface area contributed by atoms with Gasteiger partial charge in [0.05, 0.1) is 0 Å². The maximum atomic E-state index is 11.3. The number of rotatable bonds is 4. The molecule has 0 aliphatic heterocycles. The summed E-state index contributed by atoms with van der Waals surface area (Å²) in [6.07, 6.45) is 4.37. The minimum absolute atomic E-state index is 0.0206. The first-order chi connectivity index (χ1) is 6.72. The highest BCUT2D eigenvalue weighted by atomic mass is 32.1. The number of amides is 1. The molecule has 0 aliphatic rings. The zero-order valence-electron chi connectivity index (χ0n) is 8.49. The maximum absolute atomic E-state index is 11.3. The van der Waals surface area contributed by atoms with Crippen LogP contribution in [0, 0.1) is 0 Å². The van der Waals surface area contributed by atoms with Crippen LogP contribution in [0.1, 0.15) is 25.1 Å². The molecule has 1 aromatic heterocycles. The molecule has 14 heavy (non-hydrogen) atoms. The highest BCUT2D eigenvalue weighted by Crippen LogP contribution is 2.09. The zero-order chi connectivity index (χ0) is 10.4. The number of nitrogens with one attached hydrogen (secondary N) is 1. The zero-order valence-corrected chi connectivity index (χ0v) is 9.30. The summed E-state index contributed by atoms with van der Waals surface area (Å²) in [5.41, 5.74) is 0. The summed E-state index contributed by atoms with van der Waals surface area (Å²) in [5.74, 6) is -0.0206. The van der Waals surface area contributed by atoms with Crippen LogP contribution in [0.4, 0.5) is 0 Å². The van der Waals surface area contributed by atoms with Gasteiger partial charge in [0, 0.05) is 17.0 Å². The van der Waals surface area contributed by atoms with Crippen molar-refractivity contribution in [3.05, 3.63) is 28.5 Å². The number of hydrogen-bond acceptors (Lipinski definition) is 2. The molecule has 0 unspecified atom stereocenters. The van der Waals surface area contributed by atoms with Gasteiger partial charge in [0.15, 0.2) is 0 Å². The van der Waals surface area contributed by atoms with Crippen molar-refractivity contribution in [2.75, 3.05) is 0 Å². The molecule has 1 aromatic rings. The van der Waals surface area contributed by atoms with Crippen molar-refractivity contribution in [3.63, 3.8) is 0 Å². The minimum atomic E-state index is -0.0206. The number of hydrogen-bond donors (Lipinski definition) is 1. The maximum Gasteiger partial charge on any atom is 0.244 e. The van der Waals surface area contributed by atoms with Gasteiger partial charge in [0.25, 0.3) is 0 Å². The van der Waals surface area contributed by atoms with E-state index in [4.69, 9.17) is 0 Å². The van der Waals surface area contributed by atoms with Crippen molar-refractivity contribution in [2.24, 2.45) is 0 Å². The second-order valence-electron chi connectivity index (χ2n) is 3.17. The Balaban J connectivity index is 2.41. The second-order valence-corrected chi connectivity index (χ2v) is 4.15. The third kappa shape index (κ3) is 3.75. The highest BCUT2D eigenvalue weighted by molar-refractivity contribution is 7.10. The quantitative estimate of drug-likeness (QED) is 0.759. The predicted octanol–water partition coefficient (Wildman–Crippen LogP) is 2.68. The van der Waals surface area contributed by atoms with E-state index in [-0.39, 0.29) is 11.9 Å². The molecule has 0 radical (unpaired) electrons. The van der Waals surface area contributed by atoms with Crippen LogP contribution in [0.2, 0.25) is 0 Å². The van der Waals surface area contributed by atoms with E-state index in [1.807, 2.05) is 37.4 Å². The Morgan fingerprint density at radius 3 is 3.07 bits per heavy atom. The van der Waals surface area contributed by atoms with Crippen LogP contribution < -0.4 is 5.32 Å². The molecule has 1 rings (SSSR count). The summed E-state index contributed by atoms with van der Waals surface area (Å²) in [6.45, 7) is 4.05. The third-order valence-corrected chi connectivity index (χ3v) is 2.78. The smallest absolute Gasteiger partial charge is 0.244 e. The molecule has 0 aromatic carbocycles. The van der Waals surface area contributed by atoms with Crippen LogP contribution in [-0.4, -0.2) is 11.9 Å². The van der Waals surface area contributed by atoms with Gasteiger partial charge in [-0.25, -0.2) is 0 Å². The molecule has 0 spiro atoms. The van der Waals surface area contributed by atoms with Crippen molar-refractivity contribution in [2.45, 2.75) is 26.3 Å². The van der Waals surface area contributed by atoms with Gasteiger partial charge in [-0.3, -0.25) is 4.79 Å². The number of thiophene rings is 1. The van der Waals surface area contributed by atoms with E-state index in [2.05, 4.69) is 5.32 Å². The van der Waals surface area contributed by atoms with E-state index in [9.17, 15) is 4.79 Å². The molecular formula is C11H15NOS. The first-order valence-electron chi connectivity index (χ1n) is 4.74. The molecule has 0 aliphatic carbocycles. The molecule has 0 fully saturated rings. The van der Waals surface area contributed by atoms with E-state index < -0.39 is 0 Å². The Labute approximate surface area is 88.6 Å². The fraction of sp³-hybridized carbons (Fsp3) is 0.364. The van der Waals surface area contributed by atoms with Gasteiger partial charge >= 0.3 is 0 Å². The highest BCUT2D eigenvalue weighted by Gasteiger charge is 2.00. The topological polar surface area (TPSA) is 29.1 Å². The first kappa shape index (κ1) is 11.0. The number of carbonyl (C=O) groups excluding carboxylic acids is 1. The molecule has 2 nitrogen and oxygen atoms in total. The predicted molar refractivity (Wildman–Crippen MR) is 61.2 cm³/mol. The summed E-state index contributed by atoms with van der Waals surface area (Å²) < 4.78 is 0. The standard InChI is InChI=1S/C11H15NOS/c1-3-9(2)12-11(13)7-6-10-5-4-8-14-10/h4-9H,3H2,1-2H3,(H,12,13)/b7-6+/t9-/m0/s1. The lowest BCUT2D eigenvalue weighted by molar-refractivity contribution is -0.117. The molecule has 76 valence electrons. The number of carbonyl (C=O) groups is 1. The lowest BCUT2D eigenvalue weighted by Crippen LogP contribution is -2.30. The molecule has 1 amide bonds. The van der Waals surface area contributed by atoms with E-state index in [0.717, 1.165) is 11.3 Å². The van der Waals surface area contributed by atoms with Crippen LogP contribution in [0.25, 0.3) is 6.08 Å². The Morgan fingerprint density at radius 2 is 2.50 bits per heavy atom. The molecule has 3 heteroatoms. The Kier molecular flexibility index (Phi) is 4.40. The molecular weight excluding hydrogens is 194 g/mol. The van der Waals surface area contributed by atoms with E-state index >= 15 is 0 Å². The lowest BCUT2D eigenvalue weighted by atomic mass is 10.2. The third-order valence-electron chi connectivity index (χ3n) is 1.94. The first-order valence-corrected chi connectivity index (χ1v) is 5.62. The fourth-order valence-corrected chi connectivity index (χ4v) is 1.55. The van der Waals surface area contributed by atoms with Gasteiger partial charge in [-0.2, -0.15) is 0 Å². The molecule has 1 N–H and O–H groups in total. The normalized spacial score (nSPS) is 13.0. The van der Waals surface area contributed by atoms with E-state index in [1.165, 1.54) is 0 Å². The summed E-state index contributed by atoms with van der Waals surface area (Å²) in [6, 6.07) is 4.20. The summed E-state index contributed by atoms with van der Waals surface area (Å²) in [7, 11) is 0. The fourth-order valence-electron chi connectivity index (χ4n) is 0.937. The summed E-state index contributed by atoms with van der Waals surface area (Å²) in [5, 5.41) is 4.86. The molecule has 0 saturated heterocycles. The average molecular weight is 209 g/mol. The molecule has 0 bridgehead atoms. The average Bonchev–Trinajstić information content (AvgIpc) is 2.67. The van der Waals surface area contributed by atoms with Crippen molar-refractivity contribution in [1.29, 1.82) is 0 Å². The van der Waals surface area contributed by atoms with Gasteiger partial charge in [-0.1, -0.05) is 13.0 Å². The molecule has 1 atom stereocenters. The SMILES string of the molecule is CC[C@H](C)NC(=O)/C=C/c1cccs1. The summed E-state index contributed by atoms with van der Waals surface area (Å²) in [4.78, 5) is 12.4. The van der Waals surface area contributed by atoms with Gasteiger partial charge in [0.2, 0.25) is 5.91 Å². The Morgan fingerprint density at radius 1 is 1.71 bits per heavy atom. The van der Waals surface area contributed by atoms with E-state index in [1.54, 1.807) is 17.4 Å². The van der Waals surface area contributed by atoms with Gasteiger partial charge in [-0.05, 0) is 30.9 Å². The minimum Gasteiger partial charge on any atom is -0.350 e. The van der Waals surface area contributed by atoms with Gasteiger partial charge < -0.3 is 5.32 Å². The molecule has 0 saturated carbocycles. The van der Waals surface area contributed by atoms with Crippen LogP contribution in [0.5, 0.6) is 0 Å². The van der Waals surface area contributed by atoms with Crippen molar-refractivity contribution in [3.8, 4) is 0 Å². The van der Waals surface area contributed by atoms with Crippen LogP contribution in [-0.2, 0) is 4.79 Å². The second kappa shape index (κ2) is 5.60. The summed E-state index contributed by atoms with van der Waals surface area (Å²) >= 11 is 1.62. The van der Waals surface area contributed by atoms with Crippen molar-refractivity contribution < 1.29 is 4.79 Å². The Hall–Kier alpha value is -1.09. The van der Waals surface area contributed by atoms with Gasteiger partial charge in [-0.15, -0.1) is 11.3 Å².